The van der Waals surface area contributed by atoms with Crippen LogP contribution in [-0.4, -0.2) is 31.0 Å². The molecule has 0 bridgehead atoms. The van der Waals surface area contributed by atoms with Crippen LogP contribution in [0.3, 0.4) is 0 Å². The summed E-state index contributed by atoms with van der Waals surface area (Å²) in [4.78, 5) is 23.3. The number of nitrogens with two attached hydrogens (primary N) is 2. The van der Waals surface area contributed by atoms with Crippen LogP contribution in [0.2, 0.25) is 0 Å². The van der Waals surface area contributed by atoms with Gasteiger partial charge in [0.1, 0.15) is 23.3 Å². The molecule has 0 atom stereocenters. The van der Waals surface area contributed by atoms with Crippen molar-refractivity contribution in [2.75, 3.05) is 41.4 Å². The quantitative estimate of drug-likeness (QED) is 0.784. The first-order chi connectivity index (χ1) is 12.0. The number of anilines is 4. The number of rotatable bonds is 1. The summed E-state index contributed by atoms with van der Waals surface area (Å²) in [6.45, 7) is 1.75. The second kappa shape index (κ2) is 5.48. The van der Waals surface area contributed by atoms with E-state index in [4.69, 9.17) is 11.5 Å². The predicted molar refractivity (Wildman–Crippen MR) is 95.0 cm³/mol. The normalized spacial score (nSPS) is 17.0. The molecule has 4 heterocycles. The molecule has 2 aliphatic rings. The fraction of sp³-hybridized carbons (Fsp3) is 0.412. The largest absolute Gasteiger partial charge is 0.383 e. The fourth-order valence-corrected chi connectivity index (χ4v) is 3.84. The smallest absolute Gasteiger partial charge is 0.240 e. The molecule has 2 aromatic rings. The third-order valence-corrected chi connectivity index (χ3v) is 5.12. The molecule has 0 spiro atoms. The van der Waals surface area contributed by atoms with E-state index in [-0.39, 0.29) is 18.1 Å². The van der Waals surface area contributed by atoms with E-state index < -0.39 is 0 Å². The van der Waals surface area contributed by atoms with Crippen LogP contribution in [0.15, 0.2) is 0 Å². The van der Waals surface area contributed by atoms with Gasteiger partial charge in [-0.1, -0.05) is 0 Å². The maximum atomic E-state index is 12.2. The molecular weight excluding hydrogens is 318 g/mol. The number of pyridine rings is 2. The summed E-state index contributed by atoms with van der Waals surface area (Å²) in [6, 6.07) is 2.31. The van der Waals surface area contributed by atoms with Crippen LogP contribution < -0.4 is 26.3 Å². The zero-order valence-electron chi connectivity index (χ0n) is 14.1. The molecule has 0 unspecified atom stereocenters. The number of likely N-dealkylation sites (N-methyl/N-ethyl adjacent to an activating group) is 1. The highest BCUT2D eigenvalue weighted by atomic mass is 16.2. The molecule has 5 N–H and O–H groups in total. The van der Waals surface area contributed by atoms with Gasteiger partial charge < -0.3 is 11.5 Å². The SMILES string of the molecule is CN1C(=O)Cc2c1nc(N)c1c(N)[nH+]c(N3CCCCC3)c(C#N)c21. The van der Waals surface area contributed by atoms with Gasteiger partial charge in [-0.3, -0.25) is 14.6 Å². The number of nitrogens with zero attached hydrogens (tertiary/aromatic N) is 4. The number of piperidine rings is 1. The van der Waals surface area contributed by atoms with Gasteiger partial charge in [0.15, 0.2) is 0 Å². The highest BCUT2D eigenvalue weighted by Crippen LogP contribution is 2.40. The van der Waals surface area contributed by atoms with E-state index in [0.29, 0.717) is 33.8 Å². The molecular formula is C17H20N7O+. The number of hydrogen-bond acceptors (Lipinski definition) is 6. The number of nitrogens with one attached hydrogen (secondary N) is 1. The number of nitrogen functional groups attached to an aromatic ring is 2. The van der Waals surface area contributed by atoms with Gasteiger partial charge >= 0.3 is 0 Å². The zero-order chi connectivity index (χ0) is 17.7. The van der Waals surface area contributed by atoms with Crippen molar-refractivity contribution < 1.29 is 9.78 Å². The van der Waals surface area contributed by atoms with Crippen molar-refractivity contribution >= 4 is 40.0 Å². The molecule has 25 heavy (non-hydrogen) atoms. The minimum Gasteiger partial charge on any atom is -0.383 e. The topological polar surface area (TPSA) is 126 Å². The van der Waals surface area contributed by atoms with E-state index in [0.717, 1.165) is 31.5 Å². The van der Waals surface area contributed by atoms with Crippen LogP contribution >= 0.6 is 0 Å². The molecule has 0 saturated carbocycles. The predicted octanol–water partition coefficient (Wildman–Crippen LogP) is 0.594. The van der Waals surface area contributed by atoms with E-state index in [9.17, 15) is 10.1 Å². The van der Waals surface area contributed by atoms with Gasteiger partial charge in [0.05, 0.1) is 24.9 Å². The Balaban J connectivity index is 2.07. The molecule has 2 aliphatic heterocycles. The van der Waals surface area contributed by atoms with E-state index in [1.165, 1.54) is 11.3 Å². The monoisotopic (exact) mass is 338 g/mol. The van der Waals surface area contributed by atoms with Gasteiger partial charge in [-0.2, -0.15) is 5.26 Å². The molecule has 0 radical (unpaired) electrons. The Hall–Kier alpha value is -3.08. The van der Waals surface area contributed by atoms with E-state index >= 15 is 0 Å². The maximum Gasteiger partial charge on any atom is 0.240 e. The lowest BCUT2D eigenvalue weighted by Crippen LogP contribution is -2.36. The van der Waals surface area contributed by atoms with Crippen LogP contribution in [0.4, 0.5) is 23.3 Å². The highest BCUT2D eigenvalue weighted by molar-refractivity contribution is 6.12. The number of hydrogen-bond donors (Lipinski definition) is 2. The van der Waals surface area contributed by atoms with Crippen molar-refractivity contribution in [2.24, 2.45) is 0 Å². The first-order valence-corrected chi connectivity index (χ1v) is 8.41. The van der Waals surface area contributed by atoms with Crippen molar-refractivity contribution in [3.8, 4) is 6.07 Å². The third kappa shape index (κ3) is 2.16. The number of amides is 1. The van der Waals surface area contributed by atoms with Gasteiger partial charge in [0.25, 0.3) is 0 Å². The molecule has 4 rings (SSSR count). The molecule has 0 aliphatic carbocycles. The Bertz CT molecular complexity index is 941. The first kappa shape index (κ1) is 15.4. The van der Waals surface area contributed by atoms with Gasteiger partial charge in [-0.05, 0) is 19.3 Å². The summed E-state index contributed by atoms with van der Waals surface area (Å²) in [5, 5.41) is 11.1. The minimum atomic E-state index is -0.0655. The number of fused-ring (bicyclic) bond motifs is 3. The molecule has 8 nitrogen and oxygen atoms in total. The van der Waals surface area contributed by atoms with Crippen molar-refractivity contribution in [3.63, 3.8) is 0 Å². The maximum absolute atomic E-state index is 12.2. The molecule has 8 heteroatoms. The van der Waals surface area contributed by atoms with E-state index in [1.807, 2.05) is 0 Å². The average Bonchev–Trinajstić information content (AvgIpc) is 2.90. The Kier molecular flexibility index (Phi) is 3.39. The summed E-state index contributed by atoms with van der Waals surface area (Å²) in [6.07, 6.45) is 3.54. The van der Waals surface area contributed by atoms with Gasteiger partial charge in [-0.15, -0.1) is 0 Å². The summed E-state index contributed by atoms with van der Waals surface area (Å²) < 4.78 is 0. The number of nitriles is 1. The molecule has 2 aromatic heterocycles. The number of aromatic amines is 1. The fourth-order valence-electron chi connectivity index (χ4n) is 3.84. The lowest BCUT2D eigenvalue weighted by molar-refractivity contribution is -0.345. The van der Waals surface area contributed by atoms with Gasteiger partial charge in [-0.25, -0.2) is 9.97 Å². The van der Waals surface area contributed by atoms with Crippen LogP contribution in [0.25, 0.3) is 10.8 Å². The molecule has 128 valence electrons. The van der Waals surface area contributed by atoms with Crippen molar-refractivity contribution in [1.29, 1.82) is 5.26 Å². The summed E-state index contributed by atoms with van der Waals surface area (Å²) in [5.74, 6) is 1.77. The van der Waals surface area contributed by atoms with Crippen LogP contribution in [0.5, 0.6) is 0 Å². The average molecular weight is 338 g/mol. The third-order valence-electron chi connectivity index (χ3n) is 5.12. The Labute approximate surface area is 145 Å². The Morgan fingerprint density at radius 3 is 2.60 bits per heavy atom. The number of H-pyrrole nitrogens is 1. The van der Waals surface area contributed by atoms with Gasteiger partial charge in [0, 0.05) is 18.0 Å². The Morgan fingerprint density at radius 1 is 1.20 bits per heavy atom. The van der Waals surface area contributed by atoms with Crippen LogP contribution in [0.1, 0.15) is 30.4 Å². The summed E-state index contributed by atoms with van der Waals surface area (Å²) in [5.41, 5.74) is 13.6. The Morgan fingerprint density at radius 2 is 1.92 bits per heavy atom. The van der Waals surface area contributed by atoms with E-state index in [1.54, 1.807) is 7.05 Å². The molecule has 1 amide bonds. The van der Waals surface area contributed by atoms with Crippen molar-refractivity contribution in [1.82, 2.24) is 4.98 Å². The van der Waals surface area contributed by atoms with E-state index in [2.05, 4.69) is 20.9 Å². The molecule has 1 fully saturated rings. The summed E-state index contributed by atoms with van der Waals surface area (Å²) in [7, 11) is 1.67. The van der Waals surface area contributed by atoms with Crippen LogP contribution in [0, 0.1) is 11.3 Å². The van der Waals surface area contributed by atoms with Crippen molar-refractivity contribution in [2.45, 2.75) is 25.7 Å². The lowest BCUT2D eigenvalue weighted by atomic mass is 10.00. The second-order valence-electron chi connectivity index (χ2n) is 6.60. The zero-order valence-corrected chi connectivity index (χ0v) is 14.1. The van der Waals surface area contributed by atoms with Crippen molar-refractivity contribution in [3.05, 3.63) is 11.1 Å². The molecule has 0 aromatic carbocycles. The minimum absolute atomic E-state index is 0.0655. The number of carbonyl (C=O) groups excluding carboxylic acids is 1. The molecule has 1 saturated heterocycles. The lowest BCUT2D eigenvalue weighted by Gasteiger charge is -2.25. The second-order valence-corrected chi connectivity index (χ2v) is 6.60. The highest BCUT2D eigenvalue weighted by Gasteiger charge is 2.34. The standard InChI is InChI=1S/C17H19N7O/c1-23-11(25)7-9-12-10(8-18)17(24-5-3-2-4-6-24)22-15(20)13(12)14(19)21-16(9)23/h2-7H2,1H3,(H2,19,21)(H2,20,22)/p+1. The number of aromatic nitrogens is 2. The first-order valence-electron chi connectivity index (χ1n) is 8.41. The van der Waals surface area contributed by atoms with Gasteiger partial charge in [0.2, 0.25) is 17.5 Å². The van der Waals surface area contributed by atoms with Crippen LogP contribution in [-0.2, 0) is 11.2 Å². The number of carbonyl (C=O) groups is 1. The summed E-state index contributed by atoms with van der Waals surface area (Å²) >= 11 is 0.